The molecule has 1 fully saturated rings. The average Bonchev–Trinajstić information content (AvgIpc) is 2.37. The van der Waals surface area contributed by atoms with Gasteiger partial charge in [0, 0.05) is 24.5 Å². The number of morpholine rings is 1. The van der Waals surface area contributed by atoms with Crippen LogP contribution in [0.1, 0.15) is 24.2 Å². The van der Waals surface area contributed by atoms with E-state index < -0.39 is 5.97 Å². The Kier molecular flexibility index (Phi) is 3.95. The summed E-state index contributed by atoms with van der Waals surface area (Å²) in [4.78, 5) is 13.9. The van der Waals surface area contributed by atoms with Crippen LogP contribution in [0.4, 0.5) is 11.4 Å². The number of carbonyl (C=O) groups is 1. The first-order chi connectivity index (χ1) is 9.01. The number of benzene rings is 1. The number of methoxy groups -OCH3 is 1. The third-order valence-electron chi connectivity index (χ3n) is 3.23. The van der Waals surface area contributed by atoms with Crippen LogP contribution in [0.15, 0.2) is 18.2 Å². The van der Waals surface area contributed by atoms with Crippen LogP contribution in [0.2, 0.25) is 0 Å². The quantitative estimate of drug-likeness (QED) is 0.650. The number of nitrogens with two attached hydrogens (primary N) is 1. The third kappa shape index (κ3) is 2.98. The number of nitrogen functional groups attached to an aromatic ring is 1. The van der Waals surface area contributed by atoms with Crippen molar-refractivity contribution >= 4 is 17.3 Å². The van der Waals surface area contributed by atoms with Crippen molar-refractivity contribution in [1.82, 2.24) is 0 Å². The molecule has 5 heteroatoms. The van der Waals surface area contributed by atoms with Gasteiger partial charge in [0.15, 0.2) is 0 Å². The molecule has 104 valence electrons. The number of anilines is 2. The Hall–Kier alpha value is -1.75. The standard InChI is InChI=1S/C14H20N2O3/c1-9-7-16(8-10(2)19-9)11-4-5-13(15)12(6-11)14(17)18-3/h4-6,9-10H,7-8,15H2,1-3H3/t9-,10+. The van der Waals surface area contributed by atoms with Crippen molar-refractivity contribution in [3.8, 4) is 0 Å². The van der Waals surface area contributed by atoms with Gasteiger partial charge in [-0.1, -0.05) is 0 Å². The highest BCUT2D eigenvalue weighted by atomic mass is 16.5. The zero-order valence-corrected chi connectivity index (χ0v) is 11.6. The highest BCUT2D eigenvalue weighted by Gasteiger charge is 2.23. The first-order valence-corrected chi connectivity index (χ1v) is 6.39. The molecule has 0 unspecified atom stereocenters. The van der Waals surface area contributed by atoms with Gasteiger partial charge in [-0.15, -0.1) is 0 Å². The lowest BCUT2D eigenvalue weighted by atomic mass is 10.1. The summed E-state index contributed by atoms with van der Waals surface area (Å²) >= 11 is 0. The van der Waals surface area contributed by atoms with Gasteiger partial charge in [0.1, 0.15) is 0 Å². The number of carbonyl (C=O) groups excluding carboxylic acids is 1. The lowest BCUT2D eigenvalue weighted by molar-refractivity contribution is -0.00521. The summed E-state index contributed by atoms with van der Waals surface area (Å²) in [6.45, 7) is 5.69. The minimum Gasteiger partial charge on any atom is -0.465 e. The molecule has 0 bridgehead atoms. The van der Waals surface area contributed by atoms with Gasteiger partial charge in [0.2, 0.25) is 0 Å². The second-order valence-corrected chi connectivity index (χ2v) is 4.93. The molecule has 2 N–H and O–H groups in total. The number of hydrogen-bond donors (Lipinski definition) is 1. The minimum absolute atomic E-state index is 0.169. The molecule has 1 heterocycles. The van der Waals surface area contributed by atoms with E-state index in [1.54, 1.807) is 12.1 Å². The fraction of sp³-hybridized carbons (Fsp3) is 0.500. The Morgan fingerprint density at radius 2 is 2.00 bits per heavy atom. The van der Waals surface area contributed by atoms with Gasteiger partial charge in [-0.2, -0.15) is 0 Å². The van der Waals surface area contributed by atoms with Crippen LogP contribution in [0.5, 0.6) is 0 Å². The van der Waals surface area contributed by atoms with Gasteiger partial charge < -0.3 is 20.1 Å². The minimum atomic E-state index is -0.409. The maximum Gasteiger partial charge on any atom is 0.340 e. The van der Waals surface area contributed by atoms with Gasteiger partial charge in [0.25, 0.3) is 0 Å². The number of esters is 1. The van der Waals surface area contributed by atoms with E-state index in [1.165, 1.54) is 7.11 Å². The van der Waals surface area contributed by atoms with Gasteiger partial charge >= 0.3 is 5.97 Å². The van der Waals surface area contributed by atoms with Gasteiger partial charge in [-0.05, 0) is 32.0 Å². The summed E-state index contributed by atoms with van der Waals surface area (Å²) in [5.74, 6) is -0.409. The monoisotopic (exact) mass is 264 g/mol. The SMILES string of the molecule is COC(=O)c1cc(N2C[C@@H](C)O[C@@H](C)C2)ccc1N. The van der Waals surface area contributed by atoms with E-state index >= 15 is 0 Å². The fourth-order valence-electron chi connectivity index (χ4n) is 2.42. The molecule has 19 heavy (non-hydrogen) atoms. The van der Waals surface area contributed by atoms with Crippen molar-refractivity contribution in [2.75, 3.05) is 30.8 Å². The Bertz CT molecular complexity index is 466. The number of ether oxygens (including phenoxy) is 2. The van der Waals surface area contributed by atoms with Crippen LogP contribution in [-0.2, 0) is 9.47 Å². The molecule has 1 aliphatic heterocycles. The molecule has 2 atom stereocenters. The third-order valence-corrected chi connectivity index (χ3v) is 3.23. The van der Waals surface area contributed by atoms with E-state index in [0.29, 0.717) is 11.3 Å². The Morgan fingerprint density at radius 1 is 1.37 bits per heavy atom. The molecule has 1 aromatic rings. The second-order valence-electron chi connectivity index (χ2n) is 4.93. The number of rotatable bonds is 2. The molecule has 0 saturated carbocycles. The van der Waals surface area contributed by atoms with Crippen LogP contribution >= 0.6 is 0 Å². The van der Waals surface area contributed by atoms with Crippen molar-refractivity contribution in [3.63, 3.8) is 0 Å². The Morgan fingerprint density at radius 3 is 2.58 bits per heavy atom. The second kappa shape index (κ2) is 5.48. The zero-order valence-electron chi connectivity index (χ0n) is 11.6. The highest BCUT2D eigenvalue weighted by Crippen LogP contribution is 2.25. The molecule has 1 aliphatic rings. The maximum atomic E-state index is 11.7. The topological polar surface area (TPSA) is 64.8 Å². The summed E-state index contributed by atoms with van der Waals surface area (Å²) in [6, 6.07) is 5.45. The van der Waals surface area contributed by atoms with Crippen LogP contribution in [-0.4, -0.2) is 38.4 Å². The zero-order chi connectivity index (χ0) is 14.0. The van der Waals surface area contributed by atoms with Crippen LogP contribution in [0.3, 0.4) is 0 Å². The predicted molar refractivity (Wildman–Crippen MR) is 74.4 cm³/mol. The molecule has 1 saturated heterocycles. The Balaban J connectivity index is 2.27. The van der Waals surface area contributed by atoms with E-state index in [-0.39, 0.29) is 12.2 Å². The maximum absolute atomic E-state index is 11.7. The average molecular weight is 264 g/mol. The van der Waals surface area contributed by atoms with Gasteiger partial charge in [0.05, 0.1) is 24.9 Å². The molecule has 0 radical (unpaired) electrons. The van der Waals surface area contributed by atoms with E-state index in [9.17, 15) is 4.79 Å². The molecule has 0 amide bonds. The van der Waals surface area contributed by atoms with Gasteiger partial charge in [-0.25, -0.2) is 4.79 Å². The van der Waals surface area contributed by atoms with Crippen molar-refractivity contribution in [1.29, 1.82) is 0 Å². The number of nitrogens with zero attached hydrogens (tertiary/aromatic N) is 1. The molecule has 0 aromatic heterocycles. The number of hydrogen-bond acceptors (Lipinski definition) is 5. The predicted octanol–water partition coefficient (Wildman–Crippen LogP) is 1.67. The van der Waals surface area contributed by atoms with Crippen molar-refractivity contribution in [2.45, 2.75) is 26.1 Å². The summed E-state index contributed by atoms with van der Waals surface area (Å²) in [5, 5.41) is 0. The van der Waals surface area contributed by atoms with Crippen molar-refractivity contribution in [3.05, 3.63) is 23.8 Å². The summed E-state index contributed by atoms with van der Waals surface area (Å²) in [5.41, 5.74) is 7.62. The largest absolute Gasteiger partial charge is 0.465 e. The van der Waals surface area contributed by atoms with Crippen molar-refractivity contribution < 1.29 is 14.3 Å². The molecule has 2 rings (SSSR count). The van der Waals surface area contributed by atoms with Crippen LogP contribution < -0.4 is 10.6 Å². The van der Waals surface area contributed by atoms with Gasteiger partial charge in [-0.3, -0.25) is 0 Å². The molecular formula is C14H20N2O3. The van der Waals surface area contributed by atoms with E-state index in [1.807, 2.05) is 19.9 Å². The summed E-state index contributed by atoms with van der Waals surface area (Å²) in [7, 11) is 1.35. The molecule has 5 nitrogen and oxygen atoms in total. The molecule has 0 spiro atoms. The van der Waals surface area contributed by atoms with E-state index in [4.69, 9.17) is 15.2 Å². The molecular weight excluding hydrogens is 244 g/mol. The van der Waals surface area contributed by atoms with Crippen molar-refractivity contribution in [2.24, 2.45) is 0 Å². The lowest BCUT2D eigenvalue weighted by Gasteiger charge is -2.37. The summed E-state index contributed by atoms with van der Waals surface area (Å²) < 4.78 is 10.4. The first kappa shape index (κ1) is 13.7. The normalized spacial score (nSPS) is 23.2. The van der Waals surface area contributed by atoms with E-state index in [0.717, 1.165) is 18.8 Å². The fourth-order valence-corrected chi connectivity index (χ4v) is 2.42. The van der Waals surface area contributed by atoms with Crippen LogP contribution in [0.25, 0.3) is 0 Å². The molecule has 1 aromatic carbocycles. The first-order valence-electron chi connectivity index (χ1n) is 6.39. The highest BCUT2D eigenvalue weighted by molar-refractivity contribution is 5.96. The molecule has 0 aliphatic carbocycles. The van der Waals surface area contributed by atoms with E-state index in [2.05, 4.69) is 4.90 Å². The Labute approximate surface area is 113 Å². The van der Waals surface area contributed by atoms with Crippen LogP contribution in [0, 0.1) is 0 Å². The lowest BCUT2D eigenvalue weighted by Crippen LogP contribution is -2.45. The summed E-state index contributed by atoms with van der Waals surface area (Å²) in [6.07, 6.45) is 0.339. The smallest absolute Gasteiger partial charge is 0.340 e.